The van der Waals surface area contributed by atoms with E-state index in [1.807, 2.05) is 32.2 Å². The van der Waals surface area contributed by atoms with Crippen LogP contribution in [0.4, 0.5) is 5.69 Å². The van der Waals surface area contributed by atoms with Crippen molar-refractivity contribution in [2.45, 2.75) is 6.92 Å². The number of anilines is 1. The van der Waals surface area contributed by atoms with E-state index in [0.29, 0.717) is 5.89 Å². The second-order valence-electron chi connectivity index (χ2n) is 3.45. The Balaban J connectivity index is 2.15. The average molecular weight is 205 g/mol. The fourth-order valence-corrected chi connectivity index (χ4v) is 1.48. The average Bonchev–Trinajstić information content (AvgIpc) is 2.57. The van der Waals surface area contributed by atoms with Crippen LogP contribution in [0.5, 0.6) is 0 Å². The molecule has 0 amide bonds. The van der Waals surface area contributed by atoms with Gasteiger partial charge in [0.2, 0.25) is 0 Å². The molecule has 15 heavy (non-hydrogen) atoms. The number of nitrogens with one attached hydrogen (secondary N) is 2. The van der Waals surface area contributed by atoms with E-state index in [9.17, 15) is 0 Å². The number of benzene rings is 1. The molecule has 2 rings (SSSR count). The molecule has 0 fully saturated rings. The summed E-state index contributed by atoms with van der Waals surface area (Å²) in [6.45, 7) is 3.69. The van der Waals surface area contributed by atoms with Gasteiger partial charge in [-0.1, -0.05) is 0 Å². The predicted molar refractivity (Wildman–Crippen MR) is 61.2 cm³/mol. The SMILES string of the molecule is CNCCNc1ccc2nc(C)oc2c1. The van der Waals surface area contributed by atoms with Gasteiger partial charge >= 0.3 is 0 Å². The molecular weight excluding hydrogens is 190 g/mol. The van der Waals surface area contributed by atoms with E-state index in [4.69, 9.17) is 4.42 Å². The molecule has 80 valence electrons. The lowest BCUT2D eigenvalue weighted by Crippen LogP contribution is -2.17. The van der Waals surface area contributed by atoms with E-state index in [1.165, 1.54) is 0 Å². The van der Waals surface area contributed by atoms with Crippen LogP contribution in [0.25, 0.3) is 11.1 Å². The lowest BCUT2D eigenvalue weighted by molar-refractivity contribution is 0.561. The van der Waals surface area contributed by atoms with Crippen molar-refractivity contribution in [1.82, 2.24) is 10.3 Å². The predicted octanol–water partition coefficient (Wildman–Crippen LogP) is 1.77. The molecule has 0 atom stereocenters. The second-order valence-corrected chi connectivity index (χ2v) is 3.45. The summed E-state index contributed by atoms with van der Waals surface area (Å²) in [5.41, 5.74) is 2.81. The van der Waals surface area contributed by atoms with Gasteiger partial charge in [0, 0.05) is 31.8 Å². The number of hydrogen-bond acceptors (Lipinski definition) is 4. The number of aryl methyl sites for hydroxylation is 1. The van der Waals surface area contributed by atoms with Crippen LogP contribution in [0.15, 0.2) is 22.6 Å². The Morgan fingerprint density at radius 3 is 3.00 bits per heavy atom. The minimum atomic E-state index is 0.706. The topological polar surface area (TPSA) is 50.1 Å². The molecule has 0 saturated carbocycles. The molecule has 1 aromatic heterocycles. The maximum Gasteiger partial charge on any atom is 0.192 e. The lowest BCUT2D eigenvalue weighted by Gasteiger charge is -2.04. The van der Waals surface area contributed by atoms with Crippen molar-refractivity contribution in [3.05, 3.63) is 24.1 Å². The van der Waals surface area contributed by atoms with Crippen molar-refractivity contribution in [1.29, 1.82) is 0 Å². The molecule has 0 bridgehead atoms. The summed E-state index contributed by atoms with van der Waals surface area (Å²) >= 11 is 0. The first kappa shape index (κ1) is 9.98. The van der Waals surface area contributed by atoms with Gasteiger partial charge in [0.25, 0.3) is 0 Å². The van der Waals surface area contributed by atoms with Gasteiger partial charge < -0.3 is 15.1 Å². The Labute approximate surface area is 88.7 Å². The third-order valence-corrected chi connectivity index (χ3v) is 2.20. The minimum Gasteiger partial charge on any atom is -0.441 e. The highest BCUT2D eigenvalue weighted by molar-refractivity contribution is 5.77. The zero-order valence-electron chi connectivity index (χ0n) is 9.00. The van der Waals surface area contributed by atoms with Gasteiger partial charge in [0.05, 0.1) is 0 Å². The van der Waals surface area contributed by atoms with E-state index in [2.05, 4.69) is 15.6 Å². The van der Waals surface area contributed by atoms with Crippen LogP contribution in [0.2, 0.25) is 0 Å². The van der Waals surface area contributed by atoms with Gasteiger partial charge in [-0.3, -0.25) is 0 Å². The van der Waals surface area contributed by atoms with Crippen LogP contribution in [0, 0.1) is 6.92 Å². The van der Waals surface area contributed by atoms with Gasteiger partial charge in [-0.2, -0.15) is 0 Å². The molecule has 0 saturated heterocycles. The first-order valence-corrected chi connectivity index (χ1v) is 5.05. The van der Waals surface area contributed by atoms with Gasteiger partial charge in [0.1, 0.15) is 5.52 Å². The number of nitrogens with zero attached hydrogens (tertiary/aromatic N) is 1. The number of oxazole rings is 1. The quantitative estimate of drug-likeness (QED) is 0.747. The highest BCUT2D eigenvalue weighted by atomic mass is 16.3. The first-order chi connectivity index (χ1) is 7.29. The lowest BCUT2D eigenvalue weighted by atomic mass is 10.3. The minimum absolute atomic E-state index is 0.706. The Hall–Kier alpha value is -1.55. The van der Waals surface area contributed by atoms with Gasteiger partial charge in [0.15, 0.2) is 11.5 Å². The molecule has 0 radical (unpaired) electrons. The Morgan fingerprint density at radius 2 is 2.20 bits per heavy atom. The van der Waals surface area contributed by atoms with Crippen molar-refractivity contribution in [3.63, 3.8) is 0 Å². The Morgan fingerprint density at radius 1 is 1.33 bits per heavy atom. The molecule has 4 heteroatoms. The standard InChI is InChI=1S/C11H15N3O/c1-8-14-10-4-3-9(7-11(10)15-8)13-6-5-12-2/h3-4,7,12-13H,5-6H2,1-2H3. The third-order valence-electron chi connectivity index (χ3n) is 2.20. The van der Waals surface area contributed by atoms with Crippen molar-refractivity contribution < 1.29 is 4.42 Å². The highest BCUT2D eigenvalue weighted by Crippen LogP contribution is 2.19. The number of aromatic nitrogens is 1. The summed E-state index contributed by atoms with van der Waals surface area (Å²) in [5.74, 6) is 0.706. The summed E-state index contributed by atoms with van der Waals surface area (Å²) in [4.78, 5) is 4.24. The molecule has 0 aliphatic heterocycles. The van der Waals surface area contributed by atoms with E-state index in [0.717, 1.165) is 29.9 Å². The third kappa shape index (κ3) is 2.27. The van der Waals surface area contributed by atoms with Crippen LogP contribution in [0.1, 0.15) is 5.89 Å². The second kappa shape index (κ2) is 4.31. The molecular formula is C11H15N3O. The molecule has 1 aromatic carbocycles. The Bertz CT molecular complexity index is 450. The summed E-state index contributed by atoms with van der Waals surface area (Å²) < 4.78 is 5.45. The van der Waals surface area contributed by atoms with Crippen molar-refractivity contribution in [2.75, 3.05) is 25.5 Å². The molecule has 2 N–H and O–H groups in total. The van der Waals surface area contributed by atoms with E-state index in [-0.39, 0.29) is 0 Å². The summed E-state index contributed by atoms with van der Waals surface area (Å²) in [6.07, 6.45) is 0. The number of rotatable bonds is 4. The molecule has 0 spiro atoms. The highest BCUT2D eigenvalue weighted by Gasteiger charge is 2.02. The fraction of sp³-hybridized carbons (Fsp3) is 0.364. The van der Waals surface area contributed by atoms with E-state index in [1.54, 1.807) is 0 Å². The summed E-state index contributed by atoms with van der Waals surface area (Å²) in [7, 11) is 1.94. The number of hydrogen-bond donors (Lipinski definition) is 2. The maximum atomic E-state index is 5.45. The monoisotopic (exact) mass is 205 g/mol. The van der Waals surface area contributed by atoms with Crippen molar-refractivity contribution in [3.8, 4) is 0 Å². The summed E-state index contributed by atoms with van der Waals surface area (Å²) in [6, 6.07) is 5.96. The van der Waals surface area contributed by atoms with E-state index < -0.39 is 0 Å². The van der Waals surface area contributed by atoms with Crippen LogP contribution in [0.3, 0.4) is 0 Å². The normalized spacial score (nSPS) is 10.8. The first-order valence-electron chi connectivity index (χ1n) is 5.05. The number of fused-ring (bicyclic) bond motifs is 1. The van der Waals surface area contributed by atoms with Gasteiger partial charge in [-0.05, 0) is 19.2 Å². The van der Waals surface area contributed by atoms with Crippen LogP contribution < -0.4 is 10.6 Å². The van der Waals surface area contributed by atoms with Gasteiger partial charge in [-0.15, -0.1) is 0 Å². The zero-order valence-corrected chi connectivity index (χ0v) is 9.00. The molecule has 1 heterocycles. The maximum absolute atomic E-state index is 5.45. The van der Waals surface area contributed by atoms with E-state index >= 15 is 0 Å². The van der Waals surface area contributed by atoms with Crippen LogP contribution >= 0.6 is 0 Å². The Kier molecular flexibility index (Phi) is 2.87. The molecule has 0 unspecified atom stereocenters. The molecule has 0 aliphatic rings. The van der Waals surface area contributed by atoms with Crippen LogP contribution in [-0.2, 0) is 0 Å². The smallest absolute Gasteiger partial charge is 0.192 e. The molecule has 4 nitrogen and oxygen atoms in total. The fourth-order valence-electron chi connectivity index (χ4n) is 1.48. The zero-order chi connectivity index (χ0) is 10.7. The van der Waals surface area contributed by atoms with Gasteiger partial charge in [-0.25, -0.2) is 4.98 Å². The van der Waals surface area contributed by atoms with Crippen LogP contribution in [-0.4, -0.2) is 25.1 Å². The van der Waals surface area contributed by atoms with Crippen molar-refractivity contribution in [2.24, 2.45) is 0 Å². The summed E-state index contributed by atoms with van der Waals surface area (Å²) in [5, 5.41) is 6.38. The largest absolute Gasteiger partial charge is 0.441 e. The number of likely N-dealkylation sites (N-methyl/N-ethyl adjacent to an activating group) is 1. The van der Waals surface area contributed by atoms with Crippen molar-refractivity contribution >= 4 is 16.8 Å². The molecule has 2 aromatic rings. The molecule has 0 aliphatic carbocycles.